The molecular formula is C13H20N2OS. The van der Waals surface area contributed by atoms with Crippen LogP contribution in [0.15, 0.2) is 11.4 Å². The normalized spacial score (nSPS) is 10.7. The van der Waals surface area contributed by atoms with Crippen LogP contribution in [-0.2, 0) is 11.3 Å². The van der Waals surface area contributed by atoms with Gasteiger partial charge in [0.05, 0.1) is 11.7 Å². The predicted molar refractivity (Wildman–Crippen MR) is 71.1 cm³/mol. The van der Waals surface area contributed by atoms with E-state index in [-0.39, 0.29) is 0 Å². The van der Waals surface area contributed by atoms with Crippen molar-refractivity contribution in [1.82, 2.24) is 5.32 Å². The molecule has 0 saturated carbocycles. The van der Waals surface area contributed by atoms with Gasteiger partial charge in [0.15, 0.2) is 0 Å². The van der Waals surface area contributed by atoms with E-state index < -0.39 is 0 Å². The Hall–Kier alpha value is -0.890. The Kier molecular flexibility index (Phi) is 6.87. The van der Waals surface area contributed by atoms with Crippen LogP contribution in [0.25, 0.3) is 0 Å². The number of unbranched alkanes of at least 4 members (excludes halogenated alkanes) is 1. The third kappa shape index (κ3) is 6.42. The number of nitrogens with zero attached hydrogens (tertiary/aromatic N) is 1. The van der Waals surface area contributed by atoms with Crippen LogP contribution >= 0.6 is 11.3 Å². The van der Waals surface area contributed by atoms with Gasteiger partial charge in [-0.2, -0.15) is 5.26 Å². The second-order valence-electron chi connectivity index (χ2n) is 4.22. The lowest BCUT2D eigenvalue weighted by Gasteiger charge is -2.07. The van der Waals surface area contributed by atoms with Gasteiger partial charge in [-0.1, -0.05) is 0 Å². The van der Waals surface area contributed by atoms with Crippen molar-refractivity contribution in [1.29, 1.82) is 5.26 Å². The highest BCUT2D eigenvalue weighted by molar-refractivity contribution is 7.10. The van der Waals surface area contributed by atoms with Crippen LogP contribution < -0.4 is 5.32 Å². The monoisotopic (exact) mass is 252 g/mol. The number of nitriles is 1. The van der Waals surface area contributed by atoms with Gasteiger partial charge < -0.3 is 10.1 Å². The van der Waals surface area contributed by atoms with Crippen LogP contribution in [-0.4, -0.2) is 19.3 Å². The number of ether oxygens (including phenoxy) is 1. The van der Waals surface area contributed by atoms with Gasteiger partial charge >= 0.3 is 0 Å². The average Bonchev–Trinajstić information content (AvgIpc) is 2.75. The third-order valence-corrected chi connectivity index (χ3v) is 3.22. The summed E-state index contributed by atoms with van der Waals surface area (Å²) >= 11 is 1.64. The molecule has 1 rings (SSSR count). The van der Waals surface area contributed by atoms with Crippen LogP contribution in [0.1, 0.15) is 37.1 Å². The summed E-state index contributed by atoms with van der Waals surface area (Å²) in [4.78, 5) is 1.22. The number of hydrogen-bond donors (Lipinski definition) is 1. The minimum absolute atomic E-state index is 0.332. The van der Waals surface area contributed by atoms with Crippen LogP contribution in [0.5, 0.6) is 0 Å². The van der Waals surface area contributed by atoms with Crippen molar-refractivity contribution in [2.75, 3.05) is 13.2 Å². The predicted octanol–water partition coefficient (Wildman–Crippen LogP) is 2.91. The van der Waals surface area contributed by atoms with Crippen LogP contribution in [0.2, 0.25) is 0 Å². The lowest BCUT2D eigenvalue weighted by atomic mass is 10.3. The summed E-state index contributed by atoms with van der Waals surface area (Å²) in [5.74, 6) is 0. The summed E-state index contributed by atoms with van der Waals surface area (Å²) in [7, 11) is 0. The van der Waals surface area contributed by atoms with E-state index in [0.29, 0.717) is 6.10 Å². The molecule has 0 saturated heterocycles. The molecule has 0 aliphatic rings. The number of hydrogen-bond acceptors (Lipinski definition) is 4. The number of rotatable bonds is 8. The maximum absolute atomic E-state index is 8.69. The van der Waals surface area contributed by atoms with Gasteiger partial charge in [0.25, 0.3) is 0 Å². The quantitative estimate of drug-likeness (QED) is 0.724. The Labute approximate surface area is 107 Å². The molecule has 0 bridgehead atoms. The maximum Gasteiger partial charge on any atom is 0.100 e. The van der Waals surface area contributed by atoms with Crippen molar-refractivity contribution in [2.45, 2.75) is 39.3 Å². The molecule has 1 aromatic rings. The highest BCUT2D eigenvalue weighted by Gasteiger charge is 1.98. The molecule has 0 amide bonds. The number of thiophene rings is 1. The molecule has 0 atom stereocenters. The summed E-state index contributed by atoms with van der Waals surface area (Å²) in [6.07, 6.45) is 2.56. The van der Waals surface area contributed by atoms with Crippen molar-refractivity contribution in [2.24, 2.45) is 0 Å². The molecule has 0 aliphatic carbocycles. The smallest absolute Gasteiger partial charge is 0.100 e. The summed E-state index contributed by atoms with van der Waals surface area (Å²) in [5, 5.41) is 14.0. The molecule has 3 nitrogen and oxygen atoms in total. The van der Waals surface area contributed by atoms with E-state index in [4.69, 9.17) is 10.00 Å². The summed E-state index contributed by atoms with van der Waals surface area (Å²) in [6, 6.07) is 4.09. The lowest BCUT2D eigenvalue weighted by Crippen LogP contribution is -2.14. The maximum atomic E-state index is 8.69. The van der Waals surface area contributed by atoms with Gasteiger partial charge in [-0.25, -0.2) is 0 Å². The summed E-state index contributed by atoms with van der Waals surface area (Å²) in [5.41, 5.74) is 0.761. The first-order chi connectivity index (χ1) is 8.22. The fraction of sp³-hybridized carbons (Fsp3) is 0.615. The Balaban J connectivity index is 1.99. The van der Waals surface area contributed by atoms with E-state index >= 15 is 0 Å². The van der Waals surface area contributed by atoms with Crippen LogP contribution in [0.4, 0.5) is 0 Å². The van der Waals surface area contributed by atoms with Gasteiger partial charge in [0.1, 0.15) is 6.07 Å². The molecule has 0 aromatic carbocycles. The fourth-order valence-electron chi connectivity index (χ4n) is 1.41. The van der Waals surface area contributed by atoms with E-state index in [9.17, 15) is 0 Å². The lowest BCUT2D eigenvalue weighted by molar-refractivity contribution is 0.0760. The Morgan fingerprint density at radius 1 is 1.47 bits per heavy atom. The zero-order chi connectivity index (χ0) is 12.5. The Morgan fingerprint density at radius 2 is 2.29 bits per heavy atom. The van der Waals surface area contributed by atoms with E-state index in [0.717, 1.165) is 38.1 Å². The molecule has 1 heterocycles. The molecule has 0 radical (unpaired) electrons. The van der Waals surface area contributed by atoms with Crippen molar-refractivity contribution in [3.05, 3.63) is 21.9 Å². The van der Waals surface area contributed by atoms with E-state index in [1.165, 1.54) is 4.88 Å². The second kappa shape index (κ2) is 8.24. The van der Waals surface area contributed by atoms with Crippen LogP contribution in [0, 0.1) is 11.3 Å². The molecule has 0 spiro atoms. The van der Waals surface area contributed by atoms with Crippen molar-refractivity contribution in [3.8, 4) is 6.07 Å². The first-order valence-corrected chi connectivity index (χ1v) is 6.90. The molecule has 94 valence electrons. The summed E-state index contributed by atoms with van der Waals surface area (Å²) in [6.45, 7) is 6.82. The highest BCUT2D eigenvalue weighted by atomic mass is 32.1. The van der Waals surface area contributed by atoms with Crippen molar-refractivity contribution in [3.63, 3.8) is 0 Å². The molecule has 1 aromatic heterocycles. The molecule has 17 heavy (non-hydrogen) atoms. The topological polar surface area (TPSA) is 45.0 Å². The molecule has 0 aliphatic heterocycles. The second-order valence-corrected chi connectivity index (χ2v) is 5.21. The Morgan fingerprint density at radius 3 is 2.94 bits per heavy atom. The SMILES string of the molecule is CC(C)OCCCCNCc1cc(C#N)cs1. The van der Waals surface area contributed by atoms with Crippen molar-refractivity contribution < 1.29 is 4.74 Å². The van der Waals surface area contributed by atoms with Crippen molar-refractivity contribution >= 4 is 11.3 Å². The van der Waals surface area contributed by atoms with Gasteiger partial charge in [-0.3, -0.25) is 0 Å². The van der Waals surface area contributed by atoms with Gasteiger partial charge in [0, 0.05) is 23.4 Å². The molecule has 0 unspecified atom stereocenters. The minimum atomic E-state index is 0.332. The third-order valence-electron chi connectivity index (χ3n) is 2.28. The Bertz CT molecular complexity index is 355. The highest BCUT2D eigenvalue weighted by Crippen LogP contribution is 2.13. The van der Waals surface area contributed by atoms with E-state index in [2.05, 4.69) is 25.2 Å². The number of nitrogens with one attached hydrogen (secondary N) is 1. The first-order valence-electron chi connectivity index (χ1n) is 6.02. The van der Waals surface area contributed by atoms with Gasteiger partial charge in [0.2, 0.25) is 0 Å². The molecule has 0 fully saturated rings. The molecular weight excluding hydrogens is 232 g/mol. The molecule has 4 heteroatoms. The first kappa shape index (κ1) is 14.2. The standard InChI is InChI=1S/C13H20N2OS/c1-11(2)16-6-4-3-5-15-9-13-7-12(8-14)10-17-13/h7,10-11,15H,3-6,9H2,1-2H3. The van der Waals surface area contributed by atoms with E-state index in [1.54, 1.807) is 11.3 Å². The zero-order valence-electron chi connectivity index (χ0n) is 10.5. The zero-order valence-corrected chi connectivity index (χ0v) is 11.3. The van der Waals surface area contributed by atoms with Gasteiger partial charge in [-0.15, -0.1) is 11.3 Å². The molecule has 1 N–H and O–H groups in total. The van der Waals surface area contributed by atoms with E-state index in [1.807, 2.05) is 11.4 Å². The average molecular weight is 252 g/mol. The fourth-order valence-corrected chi connectivity index (χ4v) is 2.19. The largest absolute Gasteiger partial charge is 0.379 e. The minimum Gasteiger partial charge on any atom is -0.379 e. The summed E-state index contributed by atoms with van der Waals surface area (Å²) < 4.78 is 5.46. The van der Waals surface area contributed by atoms with Crippen LogP contribution in [0.3, 0.4) is 0 Å². The van der Waals surface area contributed by atoms with Gasteiger partial charge in [-0.05, 0) is 39.3 Å².